The Kier molecular flexibility index (Phi) is 4.55. The van der Waals surface area contributed by atoms with Crippen molar-refractivity contribution in [1.82, 2.24) is 9.80 Å². The van der Waals surface area contributed by atoms with E-state index in [9.17, 15) is 14.7 Å². The number of rotatable bonds is 5. The van der Waals surface area contributed by atoms with Crippen molar-refractivity contribution in [3.05, 3.63) is 0 Å². The summed E-state index contributed by atoms with van der Waals surface area (Å²) in [6, 6.07) is -0.0277. The SMILES string of the molecule is CN(CC1CC1)C(=O)N(C)C1(CC(=O)O)CCCCC1. The molecule has 20 heavy (non-hydrogen) atoms. The lowest BCUT2D eigenvalue weighted by Gasteiger charge is -2.45. The number of nitrogens with zero attached hydrogens (tertiary/aromatic N) is 2. The zero-order valence-corrected chi connectivity index (χ0v) is 12.6. The molecule has 2 rings (SSSR count). The molecule has 114 valence electrons. The topological polar surface area (TPSA) is 60.9 Å². The lowest BCUT2D eigenvalue weighted by Crippen LogP contribution is -2.55. The van der Waals surface area contributed by atoms with Gasteiger partial charge in [0.25, 0.3) is 0 Å². The molecule has 0 bridgehead atoms. The fourth-order valence-electron chi connectivity index (χ4n) is 3.35. The summed E-state index contributed by atoms with van der Waals surface area (Å²) in [6.45, 7) is 0.798. The summed E-state index contributed by atoms with van der Waals surface area (Å²) in [5, 5.41) is 9.20. The maximum Gasteiger partial charge on any atom is 0.319 e. The summed E-state index contributed by atoms with van der Waals surface area (Å²) in [4.78, 5) is 27.2. The molecule has 0 aromatic carbocycles. The smallest absolute Gasteiger partial charge is 0.319 e. The first-order valence-electron chi connectivity index (χ1n) is 7.65. The summed E-state index contributed by atoms with van der Waals surface area (Å²) in [6.07, 6.45) is 7.25. The highest BCUT2D eigenvalue weighted by molar-refractivity contribution is 5.76. The summed E-state index contributed by atoms with van der Waals surface area (Å²) >= 11 is 0. The molecule has 2 fully saturated rings. The Morgan fingerprint density at radius 1 is 1.15 bits per heavy atom. The minimum absolute atomic E-state index is 0.0277. The second-order valence-corrected chi connectivity index (χ2v) is 6.52. The molecule has 0 aliphatic heterocycles. The Bertz CT molecular complexity index is 373. The number of urea groups is 1. The Balaban J connectivity index is 2.05. The van der Waals surface area contributed by atoms with E-state index in [1.54, 1.807) is 16.8 Å². The first kappa shape index (κ1) is 15.1. The number of carbonyl (C=O) groups excluding carboxylic acids is 1. The van der Waals surface area contributed by atoms with E-state index in [1.165, 1.54) is 12.8 Å². The van der Waals surface area contributed by atoms with Crippen LogP contribution in [0.2, 0.25) is 0 Å². The third-order valence-corrected chi connectivity index (χ3v) is 4.82. The van der Waals surface area contributed by atoms with Gasteiger partial charge in [-0.15, -0.1) is 0 Å². The largest absolute Gasteiger partial charge is 0.481 e. The van der Waals surface area contributed by atoms with Crippen molar-refractivity contribution >= 4 is 12.0 Å². The molecule has 0 atom stereocenters. The zero-order valence-electron chi connectivity index (χ0n) is 12.6. The van der Waals surface area contributed by atoms with Crippen LogP contribution in [0.1, 0.15) is 51.4 Å². The van der Waals surface area contributed by atoms with E-state index >= 15 is 0 Å². The maximum atomic E-state index is 12.6. The van der Waals surface area contributed by atoms with Gasteiger partial charge in [-0.2, -0.15) is 0 Å². The molecule has 5 nitrogen and oxygen atoms in total. The molecule has 0 aromatic heterocycles. The van der Waals surface area contributed by atoms with Crippen LogP contribution in [-0.2, 0) is 4.79 Å². The van der Waals surface area contributed by atoms with E-state index in [2.05, 4.69) is 0 Å². The molecule has 0 radical (unpaired) electrons. The van der Waals surface area contributed by atoms with Gasteiger partial charge in [-0.3, -0.25) is 4.79 Å². The Hall–Kier alpha value is -1.26. The van der Waals surface area contributed by atoms with Crippen LogP contribution in [0.25, 0.3) is 0 Å². The summed E-state index contributed by atoms with van der Waals surface area (Å²) in [5.41, 5.74) is -0.487. The van der Waals surface area contributed by atoms with Gasteiger partial charge in [-0.1, -0.05) is 19.3 Å². The number of carbonyl (C=O) groups is 2. The molecular formula is C15H26N2O3. The maximum absolute atomic E-state index is 12.6. The molecule has 2 saturated carbocycles. The molecule has 0 saturated heterocycles. The van der Waals surface area contributed by atoms with Gasteiger partial charge < -0.3 is 14.9 Å². The fourth-order valence-corrected chi connectivity index (χ4v) is 3.35. The van der Waals surface area contributed by atoms with Crippen molar-refractivity contribution in [1.29, 1.82) is 0 Å². The Labute approximate surface area is 120 Å². The van der Waals surface area contributed by atoms with Gasteiger partial charge in [-0.05, 0) is 31.6 Å². The fraction of sp³-hybridized carbons (Fsp3) is 0.867. The minimum atomic E-state index is -0.809. The molecule has 2 amide bonds. The first-order valence-corrected chi connectivity index (χ1v) is 7.65. The van der Waals surface area contributed by atoms with Gasteiger partial charge in [0.05, 0.1) is 12.0 Å². The van der Waals surface area contributed by atoms with Gasteiger partial charge in [0.15, 0.2) is 0 Å². The minimum Gasteiger partial charge on any atom is -0.481 e. The highest BCUT2D eigenvalue weighted by atomic mass is 16.4. The zero-order chi connectivity index (χ0) is 14.8. The summed E-state index contributed by atoms with van der Waals surface area (Å²) in [5.74, 6) is -0.157. The van der Waals surface area contributed by atoms with E-state index in [0.717, 1.165) is 38.6 Å². The number of carboxylic acids is 1. The van der Waals surface area contributed by atoms with E-state index in [0.29, 0.717) is 5.92 Å². The van der Waals surface area contributed by atoms with Crippen LogP contribution in [-0.4, -0.2) is 53.1 Å². The second kappa shape index (κ2) is 6.02. The lowest BCUT2D eigenvalue weighted by molar-refractivity contribution is -0.140. The average molecular weight is 282 g/mol. The van der Waals surface area contributed by atoms with Gasteiger partial charge in [0, 0.05) is 20.6 Å². The van der Waals surface area contributed by atoms with Gasteiger partial charge >= 0.3 is 12.0 Å². The number of hydrogen-bond donors (Lipinski definition) is 1. The van der Waals surface area contributed by atoms with Crippen LogP contribution >= 0.6 is 0 Å². The molecule has 2 aliphatic carbocycles. The lowest BCUT2D eigenvalue weighted by atomic mass is 9.78. The molecule has 0 heterocycles. The van der Waals surface area contributed by atoms with E-state index in [1.807, 2.05) is 7.05 Å². The standard InChI is InChI=1S/C15H26N2O3/c1-16(11-12-6-7-12)14(20)17(2)15(10-13(18)19)8-4-3-5-9-15/h12H,3-11H2,1-2H3,(H,18,19). The van der Waals surface area contributed by atoms with Gasteiger partial charge in [0.2, 0.25) is 0 Å². The van der Waals surface area contributed by atoms with Crippen molar-refractivity contribution in [2.24, 2.45) is 5.92 Å². The Morgan fingerprint density at radius 2 is 1.75 bits per heavy atom. The number of aliphatic carboxylic acids is 1. The highest BCUT2D eigenvalue weighted by Crippen LogP contribution is 2.37. The number of carboxylic acid groups (broad SMARTS) is 1. The summed E-state index contributed by atoms with van der Waals surface area (Å²) < 4.78 is 0. The van der Waals surface area contributed by atoms with Crippen molar-refractivity contribution < 1.29 is 14.7 Å². The van der Waals surface area contributed by atoms with Gasteiger partial charge in [0.1, 0.15) is 0 Å². The van der Waals surface area contributed by atoms with E-state index in [4.69, 9.17) is 0 Å². The first-order chi connectivity index (χ1) is 9.44. The van der Waals surface area contributed by atoms with E-state index in [-0.39, 0.29) is 12.5 Å². The monoisotopic (exact) mass is 282 g/mol. The second-order valence-electron chi connectivity index (χ2n) is 6.52. The molecule has 5 heteroatoms. The molecule has 0 unspecified atom stereocenters. The molecule has 1 N–H and O–H groups in total. The predicted molar refractivity (Wildman–Crippen MR) is 76.6 cm³/mol. The quantitative estimate of drug-likeness (QED) is 0.843. The normalized spacial score (nSPS) is 21.3. The third-order valence-electron chi connectivity index (χ3n) is 4.82. The molecule has 0 aromatic rings. The predicted octanol–water partition coefficient (Wildman–Crippen LogP) is 2.56. The highest BCUT2D eigenvalue weighted by Gasteiger charge is 2.41. The van der Waals surface area contributed by atoms with Crippen LogP contribution in [0.15, 0.2) is 0 Å². The average Bonchev–Trinajstić information content (AvgIpc) is 3.21. The van der Waals surface area contributed by atoms with E-state index < -0.39 is 11.5 Å². The number of hydrogen-bond acceptors (Lipinski definition) is 2. The number of amides is 2. The van der Waals surface area contributed by atoms with Crippen molar-refractivity contribution in [3.63, 3.8) is 0 Å². The van der Waals surface area contributed by atoms with Crippen LogP contribution in [0, 0.1) is 5.92 Å². The molecule has 0 spiro atoms. The molecular weight excluding hydrogens is 256 g/mol. The van der Waals surface area contributed by atoms with Crippen LogP contribution in [0.3, 0.4) is 0 Å². The van der Waals surface area contributed by atoms with Crippen molar-refractivity contribution in [2.75, 3.05) is 20.6 Å². The molecule has 2 aliphatic rings. The van der Waals surface area contributed by atoms with Crippen molar-refractivity contribution in [2.45, 2.75) is 56.9 Å². The van der Waals surface area contributed by atoms with Crippen LogP contribution in [0.5, 0.6) is 0 Å². The Morgan fingerprint density at radius 3 is 2.25 bits per heavy atom. The van der Waals surface area contributed by atoms with Crippen LogP contribution in [0.4, 0.5) is 4.79 Å². The van der Waals surface area contributed by atoms with Crippen LogP contribution < -0.4 is 0 Å². The third kappa shape index (κ3) is 3.44. The van der Waals surface area contributed by atoms with Gasteiger partial charge in [-0.25, -0.2) is 4.79 Å². The van der Waals surface area contributed by atoms with Crippen molar-refractivity contribution in [3.8, 4) is 0 Å². The summed E-state index contributed by atoms with van der Waals surface area (Å²) in [7, 11) is 3.61.